The van der Waals surface area contributed by atoms with Gasteiger partial charge < -0.3 is 30.3 Å². The van der Waals surface area contributed by atoms with Crippen molar-refractivity contribution in [3.63, 3.8) is 0 Å². The number of urea groups is 1. The molecule has 9 amide bonds. The van der Waals surface area contributed by atoms with Crippen molar-refractivity contribution < 1.29 is 57.5 Å². The Balaban J connectivity index is 1.12. The van der Waals surface area contributed by atoms with Gasteiger partial charge in [-0.25, -0.2) is 9.59 Å². The van der Waals surface area contributed by atoms with Gasteiger partial charge in [0.05, 0.1) is 37.9 Å². The van der Waals surface area contributed by atoms with E-state index in [0.29, 0.717) is 70.0 Å². The summed E-state index contributed by atoms with van der Waals surface area (Å²) in [4.78, 5) is 111. The lowest BCUT2D eigenvalue weighted by atomic mass is 9.92. The van der Waals surface area contributed by atoms with Gasteiger partial charge in [-0.15, -0.1) is 5.06 Å². The van der Waals surface area contributed by atoms with Crippen LogP contribution < -0.4 is 26.6 Å². The van der Waals surface area contributed by atoms with E-state index < -0.39 is 35.6 Å². The normalized spacial score (nSPS) is 12.7. The number of nitrogens with zero attached hydrogens (tertiary/aromatic N) is 1. The molecule has 1 heterocycles. The minimum atomic E-state index is -0.897. The Labute approximate surface area is 330 Å². The van der Waals surface area contributed by atoms with Crippen LogP contribution in [0.2, 0.25) is 0 Å². The Bertz CT molecular complexity index is 1660. The number of carbonyl (C=O) groups is 9. The fourth-order valence-electron chi connectivity index (χ4n) is 5.51. The van der Waals surface area contributed by atoms with Gasteiger partial charge in [0, 0.05) is 51.7 Å². The predicted octanol–water partition coefficient (Wildman–Crippen LogP) is 1.33. The Hall–Kier alpha value is -6.01. The van der Waals surface area contributed by atoms with Crippen LogP contribution in [0.15, 0.2) is 54.6 Å². The second kappa shape index (κ2) is 26.0. The van der Waals surface area contributed by atoms with E-state index in [0.717, 1.165) is 11.1 Å². The van der Waals surface area contributed by atoms with Crippen molar-refractivity contribution in [1.29, 1.82) is 0 Å². The maximum Gasteiger partial charge on any atom is 0.363 e. The molecule has 57 heavy (non-hydrogen) atoms. The summed E-state index contributed by atoms with van der Waals surface area (Å²) in [5.41, 5.74) is 1.72. The highest BCUT2D eigenvalue weighted by atomic mass is 16.7. The Morgan fingerprint density at radius 3 is 1.86 bits per heavy atom. The molecular formula is C39H50N6O12. The second-order valence-corrected chi connectivity index (χ2v) is 12.8. The van der Waals surface area contributed by atoms with Crippen LogP contribution in [0.3, 0.4) is 0 Å². The summed E-state index contributed by atoms with van der Waals surface area (Å²) in [6, 6.07) is 14.4. The number of hydrogen-bond donors (Lipinski definition) is 5. The summed E-state index contributed by atoms with van der Waals surface area (Å²) >= 11 is 0. The Kier molecular flexibility index (Phi) is 20.7. The average molecular weight is 795 g/mol. The zero-order valence-electron chi connectivity index (χ0n) is 31.7. The van der Waals surface area contributed by atoms with Crippen LogP contribution in [-0.2, 0) is 54.3 Å². The minimum Gasteiger partial charge on any atom is -0.377 e. The van der Waals surface area contributed by atoms with Crippen molar-refractivity contribution in [1.82, 2.24) is 31.6 Å². The topological polar surface area (TPSA) is 245 Å². The largest absolute Gasteiger partial charge is 0.377 e. The zero-order chi connectivity index (χ0) is 41.3. The first-order valence-electron chi connectivity index (χ1n) is 18.8. The number of benzene rings is 2. The smallest absolute Gasteiger partial charge is 0.363 e. The monoisotopic (exact) mass is 794 g/mol. The van der Waals surface area contributed by atoms with E-state index >= 15 is 0 Å². The number of imide groups is 3. The van der Waals surface area contributed by atoms with Crippen molar-refractivity contribution in [3.05, 3.63) is 71.3 Å². The molecule has 1 aliphatic rings. The highest BCUT2D eigenvalue weighted by Gasteiger charge is 2.33. The van der Waals surface area contributed by atoms with Gasteiger partial charge in [0.15, 0.2) is 0 Å². The summed E-state index contributed by atoms with van der Waals surface area (Å²) in [5.74, 6) is -3.61. The van der Waals surface area contributed by atoms with Crippen LogP contribution in [0.5, 0.6) is 0 Å². The first-order chi connectivity index (χ1) is 27.6. The molecule has 0 aromatic heterocycles. The third kappa shape index (κ3) is 18.0. The maximum absolute atomic E-state index is 12.6. The number of nitrogens with one attached hydrogen (secondary N) is 5. The van der Waals surface area contributed by atoms with E-state index in [4.69, 9.17) is 14.3 Å². The molecule has 1 unspecified atom stereocenters. The summed E-state index contributed by atoms with van der Waals surface area (Å²) in [7, 11) is 0. The zero-order valence-corrected chi connectivity index (χ0v) is 31.7. The van der Waals surface area contributed by atoms with Gasteiger partial charge in [-0.1, -0.05) is 48.9 Å². The van der Waals surface area contributed by atoms with Crippen molar-refractivity contribution >= 4 is 53.9 Å². The minimum absolute atomic E-state index is 0.0126. The fourth-order valence-corrected chi connectivity index (χ4v) is 5.51. The maximum atomic E-state index is 12.6. The molecule has 1 atom stereocenters. The summed E-state index contributed by atoms with van der Waals surface area (Å²) in [6.07, 6.45) is 3.25. The van der Waals surface area contributed by atoms with Crippen molar-refractivity contribution in [2.75, 3.05) is 46.1 Å². The average Bonchev–Trinajstić information content (AvgIpc) is 3.51. The third-order valence-corrected chi connectivity index (χ3v) is 8.51. The molecular weight excluding hydrogens is 744 g/mol. The molecule has 0 spiro atoms. The van der Waals surface area contributed by atoms with E-state index in [1.54, 1.807) is 36.4 Å². The molecule has 0 saturated carbocycles. The van der Waals surface area contributed by atoms with E-state index in [1.807, 2.05) is 11.4 Å². The molecule has 3 rings (SSSR count). The van der Waals surface area contributed by atoms with E-state index in [-0.39, 0.29) is 75.0 Å². The molecule has 2 aromatic carbocycles. The quantitative estimate of drug-likeness (QED) is 0.0515. The molecule has 1 saturated heterocycles. The highest BCUT2D eigenvalue weighted by molar-refractivity contribution is 6.03. The lowest BCUT2D eigenvalue weighted by Crippen LogP contribution is -2.41. The number of aryl methyl sites for hydroxylation is 1. The Morgan fingerprint density at radius 2 is 1.26 bits per heavy atom. The van der Waals surface area contributed by atoms with Crippen LogP contribution in [0.25, 0.3) is 0 Å². The van der Waals surface area contributed by atoms with Crippen molar-refractivity contribution in [3.8, 4) is 0 Å². The lowest BCUT2D eigenvalue weighted by molar-refractivity contribution is -0.172. The first kappa shape index (κ1) is 45.4. The molecule has 308 valence electrons. The number of ether oxygens (including phenoxy) is 2. The number of amides is 9. The SMILES string of the molecule is O=CNC(=O)NC(=O)C(CCCCNC(=O)CCCC(=O)NCCOCCOCCNC(=O)CCc1ccc(C(=O)ON2C(=O)CCC2=O)cc1)c1ccccc1. The molecule has 1 aliphatic heterocycles. The van der Waals surface area contributed by atoms with Crippen LogP contribution in [-0.4, -0.2) is 105 Å². The van der Waals surface area contributed by atoms with Crippen LogP contribution in [0.1, 0.15) is 85.2 Å². The molecule has 0 aliphatic carbocycles. The standard InChI is InChI=1S/C39H50N6O12/c46-27-43-39(54)44-37(52)31(29-7-2-1-3-8-29)9-4-5-20-40-32(47)10-6-11-33(48)41-21-23-55-25-26-56-24-22-42-34(49)17-14-28-12-15-30(16-13-28)38(53)57-45-35(50)18-19-36(45)51/h1-3,7-8,12-13,15-16,27,31H,4-6,9-11,14,17-26H2,(H,40,47)(H,41,48)(H,42,49)(H2,43,44,46,52,54). The molecule has 5 N–H and O–H groups in total. The molecule has 0 bridgehead atoms. The predicted molar refractivity (Wildman–Crippen MR) is 202 cm³/mol. The number of carbonyl (C=O) groups excluding carboxylic acids is 9. The van der Waals surface area contributed by atoms with Gasteiger partial charge in [0.1, 0.15) is 0 Å². The summed E-state index contributed by atoms with van der Waals surface area (Å²) in [5, 5.41) is 12.8. The van der Waals surface area contributed by atoms with Crippen LogP contribution >= 0.6 is 0 Å². The van der Waals surface area contributed by atoms with E-state index in [2.05, 4.69) is 21.3 Å². The van der Waals surface area contributed by atoms with Gasteiger partial charge in [-0.05, 0) is 48.9 Å². The summed E-state index contributed by atoms with van der Waals surface area (Å²) in [6.45, 7) is 2.19. The molecule has 2 aromatic rings. The highest BCUT2D eigenvalue weighted by Crippen LogP contribution is 2.22. The van der Waals surface area contributed by atoms with Gasteiger partial charge in [0.2, 0.25) is 30.0 Å². The van der Waals surface area contributed by atoms with Gasteiger partial charge in [-0.2, -0.15) is 0 Å². The van der Waals surface area contributed by atoms with Crippen LogP contribution in [0, 0.1) is 0 Å². The Morgan fingerprint density at radius 1 is 0.684 bits per heavy atom. The number of unbranched alkanes of at least 4 members (excludes halogenated alkanes) is 1. The first-order valence-corrected chi connectivity index (χ1v) is 18.8. The molecule has 0 radical (unpaired) electrons. The second-order valence-electron chi connectivity index (χ2n) is 12.8. The molecule has 18 heteroatoms. The van der Waals surface area contributed by atoms with E-state index in [1.165, 1.54) is 12.1 Å². The number of hydrogen-bond acceptors (Lipinski definition) is 12. The summed E-state index contributed by atoms with van der Waals surface area (Å²) < 4.78 is 10.9. The lowest BCUT2D eigenvalue weighted by Gasteiger charge is -2.16. The van der Waals surface area contributed by atoms with E-state index in [9.17, 15) is 43.2 Å². The van der Waals surface area contributed by atoms with Crippen molar-refractivity contribution in [2.24, 2.45) is 0 Å². The molecule has 18 nitrogen and oxygen atoms in total. The van der Waals surface area contributed by atoms with Gasteiger partial charge in [-0.3, -0.25) is 44.2 Å². The molecule has 1 fully saturated rings. The number of rotatable bonds is 26. The van der Waals surface area contributed by atoms with Gasteiger partial charge >= 0.3 is 12.0 Å². The van der Waals surface area contributed by atoms with Crippen LogP contribution in [0.4, 0.5) is 4.79 Å². The van der Waals surface area contributed by atoms with Crippen molar-refractivity contribution in [2.45, 2.75) is 70.1 Å². The third-order valence-electron chi connectivity index (χ3n) is 8.51. The fraction of sp³-hybridized carbons (Fsp3) is 0.462. The number of hydroxylamine groups is 2. The van der Waals surface area contributed by atoms with Gasteiger partial charge in [0.25, 0.3) is 11.8 Å².